The lowest BCUT2D eigenvalue weighted by atomic mass is 10.1. The van der Waals surface area contributed by atoms with Crippen LogP contribution >= 0.6 is 43.6 Å². The van der Waals surface area contributed by atoms with Gasteiger partial charge in [-0.15, -0.1) is 0 Å². The minimum atomic E-state index is -0.303. The third-order valence-electron chi connectivity index (χ3n) is 5.65. The maximum absolute atomic E-state index is 13.1. The molecule has 4 aromatic rings. The predicted molar refractivity (Wildman–Crippen MR) is 148 cm³/mol. The molecule has 0 spiro atoms. The van der Waals surface area contributed by atoms with Gasteiger partial charge in [0.1, 0.15) is 12.4 Å². The highest BCUT2D eigenvalue weighted by Crippen LogP contribution is 2.36. The highest BCUT2D eigenvalue weighted by molar-refractivity contribution is 9.10. The molecule has 0 aromatic heterocycles. The zero-order valence-electron chi connectivity index (χ0n) is 18.4. The fourth-order valence-electron chi connectivity index (χ4n) is 3.89. The van der Waals surface area contributed by atoms with Crippen molar-refractivity contribution in [2.24, 2.45) is 0 Å². The predicted octanol–water partition coefficient (Wildman–Crippen LogP) is 8.18. The smallest absolute Gasteiger partial charge is 0.293 e. The minimum Gasteiger partial charge on any atom is -0.488 e. The number of ether oxygens (including phenoxy) is 1. The molecule has 0 N–H and O–H groups in total. The summed E-state index contributed by atoms with van der Waals surface area (Å²) in [7, 11) is 0. The largest absolute Gasteiger partial charge is 0.488 e. The lowest BCUT2D eigenvalue weighted by Gasteiger charge is -2.13. The minimum absolute atomic E-state index is 0.234. The Morgan fingerprint density at radius 3 is 2.43 bits per heavy atom. The van der Waals surface area contributed by atoms with Crippen LogP contribution in [-0.2, 0) is 17.9 Å². The van der Waals surface area contributed by atoms with Crippen LogP contribution in [0.25, 0.3) is 16.8 Å². The molecule has 5 rings (SSSR count). The van der Waals surface area contributed by atoms with E-state index in [-0.39, 0.29) is 17.7 Å². The van der Waals surface area contributed by atoms with E-state index in [1.165, 1.54) is 4.90 Å². The molecule has 7 heteroatoms. The summed E-state index contributed by atoms with van der Waals surface area (Å²) in [6.45, 7) is 0.618. The average Bonchev–Trinajstić information content (AvgIpc) is 3.12. The second-order valence-corrected chi connectivity index (χ2v) is 10.8. The molecule has 1 fully saturated rings. The molecule has 1 heterocycles. The zero-order valence-corrected chi connectivity index (χ0v) is 22.4. The number of hydrogen-bond donors (Lipinski definition) is 0. The first-order chi connectivity index (χ1) is 17.0. The number of thioether (sulfide) groups is 1. The first-order valence-corrected chi connectivity index (χ1v) is 13.3. The van der Waals surface area contributed by atoms with Crippen LogP contribution in [0, 0.1) is 0 Å². The molecule has 0 aliphatic carbocycles. The number of carbonyl (C=O) groups is 2. The lowest BCUT2D eigenvalue weighted by Crippen LogP contribution is -2.27. The van der Waals surface area contributed by atoms with E-state index in [4.69, 9.17) is 4.74 Å². The number of carbonyl (C=O) groups excluding carboxylic acids is 2. The van der Waals surface area contributed by atoms with Crippen molar-refractivity contribution in [3.8, 4) is 5.75 Å². The second-order valence-electron chi connectivity index (χ2n) is 8.00. The number of halogens is 2. The maximum atomic E-state index is 13.1. The fraction of sp³-hybridized carbons (Fsp3) is 0.0714. The summed E-state index contributed by atoms with van der Waals surface area (Å²) >= 11 is 7.86. The van der Waals surface area contributed by atoms with Gasteiger partial charge in [-0.2, -0.15) is 0 Å². The van der Waals surface area contributed by atoms with Gasteiger partial charge in [-0.3, -0.25) is 14.5 Å². The topological polar surface area (TPSA) is 46.6 Å². The van der Waals surface area contributed by atoms with E-state index in [9.17, 15) is 9.59 Å². The van der Waals surface area contributed by atoms with Gasteiger partial charge in [0.2, 0.25) is 0 Å². The molecule has 4 nitrogen and oxygen atoms in total. The molecular formula is C28H19Br2NO3S. The first kappa shape index (κ1) is 23.9. The summed E-state index contributed by atoms with van der Waals surface area (Å²) in [6.07, 6.45) is 1.73. The van der Waals surface area contributed by atoms with Gasteiger partial charge >= 0.3 is 0 Å². The lowest BCUT2D eigenvalue weighted by molar-refractivity contribution is -0.123. The Hall–Kier alpha value is -2.87. The Kier molecular flexibility index (Phi) is 7.09. The monoisotopic (exact) mass is 607 g/mol. The average molecular weight is 609 g/mol. The Bertz CT molecular complexity index is 1460. The fourth-order valence-corrected chi connectivity index (χ4v) is 5.36. The van der Waals surface area contributed by atoms with E-state index in [2.05, 4.69) is 50.1 Å². The van der Waals surface area contributed by atoms with Crippen molar-refractivity contribution in [1.29, 1.82) is 0 Å². The van der Waals surface area contributed by atoms with E-state index < -0.39 is 0 Å². The number of hydrogen-bond acceptors (Lipinski definition) is 4. The van der Waals surface area contributed by atoms with Gasteiger partial charge in [-0.25, -0.2) is 0 Å². The normalized spacial score (nSPS) is 14.8. The summed E-state index contributed by atoms with van der Waals surface area (Å²) in [6, 6.07) is 27.6. The summed E-state index contributed by atoms with van der Waals surface area (Å²) in [5, 5.41) is 2.02. The summed E-state index contributed by atoms with van der Waals surface area (Å²) < 4.78 is 8.01. The van der Waals surface area contributed by atoms with E-state index >= 15 is 0 Å². The van der Waals surface area contributed by atoms with Crippen LogP contribution in [0.3, 0.4) is 0 Å². The second kappa shape index (κ2) is 10.4. The van der Waals surface area contributed by atoms with Crippen molar-refractivity contribution in [3.63, 3.8) is 0 Å². The Morgan fingerprint density at radius 1 is 0.857 bits per heavy atom. The van der Waals surface area contributed by atoms with Gasteiger partial charge in [0.05, 0.1) is 11.4 Å². The molecule has 1 saturated heterocycles. The van der Waals surface area contributed by atoms with Crippen LogP contribution in [0.5, 0.6) is 5.75 Å². The van der Waals surface area contributed by atoms with Crippen molar-refractivity contribution in [2.75, 3.05) is 0 Å². The molecule has 35 heavy (non-hydrogen) atoms. The number of amides is 2. The zero-order chi connectivity index (χ0) is 24.4. The van der Waals surface area contributed by atoms with Gasteiger partial charge in [-0.05, 0) is 70.1 Å². The van der Waals surface area contributed by atoms with E-state index in [0.29, 0.717) is 17.3 Å². The van der Waals surface area contributed by atoms with Gasteiger partial charge < -0.3 is 4.74 Å². The van der Waals surface area contributed by atoms with E-state index in [1.807, 2.05) is 66.7 Å². The number of nitrogens with zero attached hydrogens (tertiary/aromatic N) is 1. The molecular weight excluding hydrogens is 590 g/mol. The van der Waals surface area contributed by atoms with Crippen molar-refractivity contribution in [3.05, 3.63) is 115 Å². The van der Waals surface area contributed by atoms with E-state index in [0.717, 1.165) is 48.2 Å². The summed E-state index contributed by atoms with van der Waals surface area (Å²) in [4.78, 5) is 27.3. The number of fused-ring (bicyclic) bond motifs is 1. The molecule has 0 bridgehead atoms. The number of benzene rings is 4. The molecule has 4 aromatic carbocycles. The maximum Gasteiger partial charge on any atom is 0.293 e. The van der Waals surface area contributed by atoms with Gasteiger partial charge in [0.15, 0.2) is 0 Å². The molecule has 0 unspecified atom stereocenters. The van der Waals surface area contributed by atoms with Crippen LogP contribution in [-0.4, -0.2) is 16.0 Å². The third kappa shape index (κ3) is 5.37. The molecule has 1 aliphatic heterocycles. The summed E-state index contributed by atoms with van der Waals surface area (Å²) in [5.41, 5.74) is 2.69. The number of imide groups is 1. The molecule has 1 aliphatic rings. The SMILES string of the molecule is O=C1S/C(=C\c2cc(Br)ccc2OCc2cccc3ccccc23)C(=O)N1Cc1ccc(Br)cc1. The Balaban J connectivity index is 1.38. The van der Waals surface area contributed by atoms with Crippen LogP contribution in [0.2, 0.25) is 0 Å². The highest BCUT2D eigenvalue weighted by Gasteiger charge is 2.35. The van der Waals surface area contributed by atoms with Crippen molar-refractivity contribution in [1.82, 2.24) is 4.90 Å². The standard InChI is InChI=1S/C28H19Br2NO3S/c29-22-10-8-18(9-11-22)16-31-27(32)26(35-28(31)33)15-21-14-23(30)12-13-25(21)34-17-20-6-3-5-19-4-1-2-7-24(19)20/h1-15H,16-17H2/b26-15-. The molecule has 2 amide bonds. The van der Waals surface area contributed by atoms with Crippen LogP contribution in [0.4, 0.5) is 4.79 Å². The first-order valence-electron chi connectivity index (χ1n) is 10.9. The van der Waals surface area contributed by atoms with Crippen LogP contribution < -0.4 is 4.74 Å². The molecule has 0 saturated carbocycles. The highest BCUT2D eigenvalue weighted by atomic mass is 79.9. The third-order valence-corrected chi connectivity index (χ3v) is 7.58. The Labute approximate surface area is 224 Å². The van der Waals surface area contributed by atoms with Gasteiger partial charge in [-0.1, -0.05) is 86.5 Å². The van der Waals surface area contributed by atoms with Crippen LogP contribution in [0.15, 0.2) is 98.8 Å². The van der Waals surface area contributed by atoms with Gasteiger partial charge in [0, 0.05) is 14.5 Å². The van der Waals surface area contributed by atoms with Gasteiger partial charge in [0.25, 0.3) is 11.1 Å². The van der Waals surface area contributed by atoms with Crippen molar-refractivity contribution < 1.29 is 14.3 Å². The van der Waals surface area contributed by atoms with Crippen LogP contribution in [0.1, 0.15) is 16.7 Å². The number of rotatable bonds is 6. The summed E-state index contributed by atoms with van der Waals surface area (Å²) in [5.74, 6) is 0.337. The molecule has 0 atom stereocenters. The quantitative estimate of drug-likeness (QED) is 0.207. The molecule has 174 valence electrons. The van der Waals surface area contributed by atoms with Crippen molar-refractivity contribution in [2.45, 2.75) is 13.2 Å². The Morgan fingerprint density at radius 2 is 1.60 bits per heavy atom. The van der Waals surface area contributed by atoms with E-state index in [1.54, 1.807) is 6.08 Å². The molecule has 0 radical (unpaired) electrons. The van der Waals surface area contributed by atoms with Crippen molar-refractivity contribution >= 4 is 71.6 Å².